The van der Waals surface area contributed by atoms with Gasteiger partial charge in [0.2, 0.25) is 5.95 Å². The molecule has 0 unspecified atom stereocenters. The lowest BCUT2D eigenvalue weighted by Crippen LogP contribution is -2.23. The van der Waals surface area contributed by atoms with Crippen LogP contribution < -0.4 is 10.6 Å². The number of non-ortho nitro benzene ring substituents is 1. The summed E-state index contributed by atoms with van der Waals surface area (Å²) in [5, 5.41) is 17.8. The second kappa shape index (κ2) is 9.30. The van der Waals surface area contributed by atoms with E-state index in [1.54, 1.807) is 18.3 Å². The zero-order valence-corrected chi connectivity index (χ0v) is 16.6. The van der Waals surface area contributed by atoms with E-state index in [-0.39, 0.29) is 10.6 Å². The van der Waals surface area contributed by atoms with E-state index in [1.165, 1.54) is 25.3 Å². The number of benzene rings is 1. The van der Waals surface area contributed by atoms with Crippen molar-refractivity contribution in [3.63, 3.8) is 0 Å². The number of nitrogens with zero attached hydrogens (tertiary/aromatic N) is 4. The summed E-state index contributed by atoms with van der Waals surface area (Å²) in [5.74, 6) is 1.22. The summed E-state index contributed by atoms with van der Waals surface area (Å²) in [6, 6.07) is 14.5. The van der Waals surface area contributed by atoms with E-state index >= 15 is 0 Å². The molecule has 1 fully saturated rings. The summed E-state index contributed by atoms with van der Waals surface area (Å²) in [5.41, 5.74) is 2.38. The Morgan fingerprint density at radius 2 is 1.87 bits per heavy atom. The summed E-state index contributed by atoms with van der Waals surface area (Å²) in [6.45, 7) is 0.420. The molecule has 0 atom stereocenters. The molecule has 0 saturated heterocycles. The Balaban J connectivity index is 1.57. The van der Waals surface area contributed by atoms with Crippen LogP contribution >= 0.6 is 0 Å². The Kier molecular flexibility index (Phi) is 6.12. The van der Waals surface area contributed by atoms with E-state index in [0.29, 0.717) is 24.4 Å². The van der Waals surface area contributed by atoms with E-state index in [0.717, 1.165) is 29.8 Å². The van der Waals surface area contributed by atoms with Gasteiger partial charge in [-0.1, -0.05) is 37.5 Å². The van der Waals surface area contributed by atoms with Gasteiger partial charge in [-0.15, -0.1) is 0 Å². The predicted molar refractivity (Wildman–Crippen MR) is 116 cm³/mol. The van der Waals surface area contributed by atoms with Crippen molar-refractivity contribution in [3.05, 3.63) is 70.4 Å². The van der Waals surface area contributed by atoms with Gasteiger partial charge in [-0.2, -0.15) is 4.98 Å². The average Bonchev–Trinajstić information content (AvgIpc) is 2.79. The molecule has 0 amide bonds. The third-order valence-corrected chi connectivity index (χ3v) is 5.19. The van der Waals surface area contributed by atoms with Gasteiger partial charge >= 0.3 is 0 Å². The van der Waals surface area contributed by atoms with Gasteiger partial charge in [-0.05, 0) is 30.5 Å². The molecule has 3 aromatic rings. The molecular weight excluding hydrogens is 380 g/mol. The zero-order chi connectivity index (χ0) is 20.8. The van der Waals surface area contributed by atoms with Crippen molar-refractivity contribution in [1.82, 2.24) is 15.0 Å². The Morgan fingerprint density at radius 1 is 1.00 bits per heavy atom. The van der Waals surface area contributed by atoms with Crippen LogP contribution in [0.3, 0.4) is 0 Å². The van der Waals surface area contributed by atoms with Crippen LogP contribution in [0.5, 0.6) is 0 Å². The van der Waals surface area contributed by atoms with Crippen molar-refractivity contribution < 1.29 is 4.92 Å². The molecular formula is C22H24N6O2. The van der Waals surface area contributed by atoms with Gasteiger partial charge in [0.25, 0.3) is 5.69 Å². The van der Waals surface area contributed by atoms with Crippen LogP contribution in [0.4, 0.5) is 17.5 Å². The predicted octanol–water partition coefficient (Wildman–Crippen LogP) is 4.80. The maximum Gasteiger partial charge on any atom is 0.269 e. The van der Waals surface area contributed by atoms with Crippen LogP contribution in [-0.4, -0.2) is 25.9 Å². The standard InChI is InChI=1S/C22H24N6O2/c29-28(30)18-10-6-7-16(13-18)15-24-21-14-20(19-11-4-5-12-23-19)26-22(27-21)25-17-8-2-1-3-9-17/h4-7,10-14,17H,1-3,8-9,15H2,(H2,24,25,26,27). The fourth-order valence-corrected chi connectivity index (χ4v) is 3.65. The van der Waals surface area contributed by atoms with Crippen LogP contribution in [-0.2, 0) is 6.54 Å². The van der Waals surface area contributed by atoms with Gasteiger partial charge in [-0.25, -0.2) is 4.98 Å². The molecule has 2 N–H and O–H groups in total. The first-order valence-corrected chi connectivity index (χ1v) is 10.2. The highest BCUT2D eigenvalue weighted by molar-refractivity contribution is 5.61. The van der Waals surface area contributed by atoms with E-state index in [4.69, 9.17) is 0 Å². The van der Waals surface area contributed by atoms with E-state index in [9.17, 15) is 10.1 Å². The summed E-state index contributed by atoms with van der Waals surface area (Å²) in [7, 11) is 0. The molecule has 154 valence electrons. The van der Waals surface area contributed by atoms with Crippen LogP contribution in [0.15, 0.2) is 54.7 Å². The second-order valence-electron chi connectivity index (χ2n) is 7.44. The third-order valence-electron chi connectivity index (χ3n) is 5.19. The van der Waals surface area contributed by atoms with Crippen molar-refractivity contribution in [2.24, 2.45) is 0 Å². The first-order valence-electron chi connectivity index (χ1n) is 10.2. The summed E-state index contributed by atoms with van der Waals surface area (Å²) < 4.78 is 0. The maximum atomic E-state index is 11.0. The van der Waals surface area contributed by atoms with Crippen LogP contribution in [0.2, 0.25) is 0 Å². The zero-order valence-electron chi connectivity index (χ0n) is 16.6. The molecule has 0 bridgehead atoms. The fraction of sp³-hybridized carbons (Fsp3) is 0.318. The molecule has 0 spiro atoms. The van der Waals surface area contributed by atoms with Gasteiger partial charge in [0, 0.05) is 37.0 Å². The quantitative estimate of drug-likeness (QED) is 0.430. The van der Waals surface area contributed by atoms with Crippen molar-refractivity contribution >= 4 is 17.5 Å². The summed E-state index contributed by atoms with van der Waals surface area (Å²) >= 11 is 0. The lowest BCUT2D eigenvalue weighted by Gasteiger charge is -2.23. The van der Waals surface area contributed by atoms with E-state index in [1.807, 2.05) is 30.3 Å². The number of nitro benzene ring substituents is 1. The first-order chi connectivity index (χ1) is 14.7. The van der Waals surface area contributed by atoms with E-state index < -0.39 is 0 Å². The van der Waals surface area contributed by atoms with Crippen molar-refractivity contribution in [1.29, 1.82) is 0 Å². The van der Waals surface area contributed by atoms with Crippen molar-refractivity contribution in [2.45, 2.75) is 44.7 Å². The monoisotopic (exact) mass is 404 g/mol. The Labute approximate surface area is 175 Å². The normalized spacial score (nSPS) is 14.3. The Bertz CT molecular complexity index is 1010. The number of hydrogen-bond acceptors (Lipinski definition) is 7. The maximum absolute atomic E-state index is 11.0. The summed E-state index contributed by atoms with van der Waals surface area (Å²) in [4.78, 5) is 24.3. The van der Waals surface area contributed by atoms with Crippen LogP contribution in [0, 0.1) is 10.1 Å². The molecule has 1 aromatic carbocycles. The summed E-state index contributed by atoms with van der Waals surface area (Å²) in [6.07, 6.45) is 7.69. The van der Waals surface area contributed by atoms with Gasteiger partial charge in [0.05, 0.1) is 16.3 Å². The van der Waals surface area contributed by atoms with Crippen LogP contribution in [0.1, 0.15) is 37.7 Å². The minimum Gasteiger partial charge on any atom is -0.366 e. The minimum atomic E-state index is -0.389. The molecule has 8 nitrogen and oxygen atoms in total. The highest BCUT2D eigenvalue weighted by atomic mass is 16.6. The lowest BCUT2D eigenvalue weighted by atomic mass is 9.96. The van der Waals surface area contributed by atoms with Crippen molar-refractivity contribution in [2.75, 3.05) is 10.6 Å². The number of anilines is 2. The number of hydrogen-bond donors (Lipinski definition) is 2. The molecule has 1 aliphatic carbocycles. The van der Waals surface area contributed by atoms with Gasteiger partial charge < -0.3 is 10.6 Å². The highest BCUT2D eigenvalue weighted by Gasteiger charge is 2.16. The largest absolute Gasteiger partial charge is 0.366 e. The minimum absolute atomic E-state index is 0.0748. The number of pyridine rings is 1. The number of aromatic nitrogens is 3. The average molecular weight is 404 g/mol. The smallest absolute Gasteiger partial charge is 0.269 e. The van der Waals surface area contributed by atoms with Crippen LogP contribution in [0.25, 0.3) is 11.4 Å². The number of nitro groups is 1. The molecule has 2 aromatic heterocycles. The molecule has 1 saturated carbocycles. The number of rotatable bonds is 7. The van der Waals surface area contributed by atoms with E-state index in [2.05, 4.69) is 25.6 Å². The lowest BCUT2D eigenvalue weighted by molar-refractivity contribution is -0.384. The van der Waals surface area contributed by atoms with Gasteiger partial charge in [-0.3, -0.25) is 15.1 Å². The molecule has 0 radical (unpaired) electrons. The SMILES string of the molecule is O=[N+]([O-])c1cccc(CNc2cc(-c3ccccn3)nc(NC3CCCCC3)n2)c1. The molecule has 1 aliphatic rings. The number of nitrogens with one attached hydrogen (secondary N) is 2. The molecule has 30 heavy (non-hydrogen) atoms. The van der Waals surface area contributed by atoms with Gasteiger partial charge in [0.15, 0.2) is 0 Å². The Hall–Kier alpha value is -3.55. The molecule has 0 aliphatic heterocycles. The van der Waals surface area contributed by atoms with Gasteiger partial charge in [0.1, 0.15) is 5.82 Å². The first kappa shape index (κ1) is 19.8. The third kappa shape index (κ3) is 5.08. The fourth-order valence-electron chi connectivity index (χ4n) is 3.65. The Morgan fingerprint density at radius 3 is 2.63 bits per heavy atom. The molecule has 4 rings (SSSR count). The topological polar surface area (TPSA) is 106 Å². The van der Waals surface area contributed by atoms with Crippen molar-refractivity contribution in [3.8, 4) is 11.4 Å². The second-order valence-corrected chi connectivity index (χ2v) is 7.44. The highest BCUT2D eigenvalue weighted by Crippen LogP contribution is 2.24. The molecule has 8 heteroatoms. The molecule has 2 heterocycles.